The molecule has 3 rings (SSSR count). The number of hydrogen-bond donors (Lipinski definition) is 0. The normalized spacial score (nSPS) is 12.3. The molecule has 2 aromatic carbocycles. The van der Waals surface area contributed by atoms with Crippen molar-refractivity contribution < 1.29 is 26.3 Å². The van der Waals surface area contributed by atoms with Crippen LogP contribution in [-0.2, 0) is 12.4 Å². The summed E-state index contributed by atoms with van der Waals surface area (Å²) in [6.07, 6.45) is -9.00. The Bertz CT molecular complexity index is 903. The summed E-state index contributed by atoms with van der Waals surface area (Å²) in [6.45, 7) is 0. The summed E-state index contributed by atoms with van der Waals surface area (Å²) in [5.74, 6) is 0. The van der Waals surface area contributed by atoms with Crippen LogP contribution in [0, 0.1) is 3.57 Å². The van der Waals surface area contributed by atoms with Gasteiger partial charge in [-0.05, 0) is 59.0 Å². The van der Waals surface area contributed by atoms with Gasteiger partial charge < -0.3 is 0 Å². The van der Waals surface area contributed by atoms with Gasteiger partial charge in [-0.1, -0.05) is 24.3 Å². The maximum atomic E-state index is 12.9. The van der Waals surface area contributed by atoms with Gasteiger partial charge in [0.25, 0.3) is 0 Å². The zero-order chi connectivity index (χ0) is 19.8. The lowest BCUT2D eigenvalue weighted by molar-refractivity contribution is -0.138. The minimum Gasteiger partial charge on any atom is -0.248 e. The Hall–Kier alpha value is -2.10. The molecule has 3 aromatic rings. The van der Waals surface area contributed by atoms with E-state index in [9.17, 15) is 26.3 Å². The van der Waals surface area contributed by atoms with Gasteiger partial charge in [-0.3, -0.25) is 0 Å². The summed E-state index contributed by atoms with van der Waals surface area (Å²) in [5.41, 5.74) is -0.670. The van der Waals surface area contributed by atoms with Crippen molar-refractivity contribution in [2.75, 3.05) is 0 Å². The van der Waals surface area contributed by atoms with Crippen LogP contribution in [0.4, 0.5) is 26.3 Å². The second kappa shape index (κ2) is 7.14. The topological polar surface area (TPSA) is 12.9 Å². The molecule has 0 amide bonds. The van der Waals surface area contributed by atoms with Crippen LogP contribution in [0.3, 0.4) is 0 Å². The van der Waals surface area contributed by atoms with Crippen LogP contribution >= 0.6 is 22.6 Å². The maximum absolute atomic E-state index is 12.9. The predicted molar refractivity (Wildman–Crippen MR) is 97.8 cm³/mol. The molecule has 0 bridgehead atoms. The largest absolute Gasteiger partial charge is 0.416 e. The van der Waals surface area contributed by atoms with E-state index in [1.165, 1.54) is 24.3 Å². The van der Waals surface area contributed by atoms with E-state index in [0.29, 0.717) is 3.57 Å². The van der Waals surface area contributed by atoms with E-state index in [1.807, 2.05) is 22.6 Å². The van der Waals surface area contributed by atoms with Crippen LogP contribution in [0.25, 0.3) is 22.5 Å². The number of hydrogen-bond acceptors (Lipinski definition) is 1. The molecule has 27 heavy (non-hydrogen) atoms. The number of nitrogens with zero attached hydrogens (tertiary/aromatic N) is 1. The van der Waals surface area contributed by atoms with Crippen LogP contribution in [0.15, 0.2) is 60.7 Å². The average Bonchev–Trinajstić information content (AvgIpc) is 2.60. The van der Waals surface area contributed by atoms with Crippen molar-refractivity contribution in [2.24, 2.45) is 0 Å². The molecule has 1 nitrogen and oxygen atoms in total. The number of rotatable bonds is 2. The molecule has 0 aliphatic carbocycles. The second-order valence-electron chi connectivity index (χ2n) is 5.71. The van der Waals surface area contributed by atoms with Gasteiger partial charge in [0.1, 0.15) is 0 Å². The highest BCUT2D eigenvalue weighted by Gasteiger charge is 2.31. The Morgan fingerprint density at radius 2 is 1.04 bits per heavy atom. The Morgan fingerprint density at radius 1 is 0.630 bits per heavy atom. The molecule has 0 atom stereocenters. The lowest BCUT2D eigenvalue weighted by Gasteiger charge is -2.11. The first-order chi connectivity index (χ1) is 12.5. The van der Waals surface area contributed by atoms with Crippen LogP contribution in [0.1, 0.15) is 11.1 Å². The summed E-state index contributed by atoms with van der Waals surface area (Å²) in [5, 5.41) is 0. The highest BCUT2D eigenvalue weighted by molar-refractivity contribution is 14.1. The molecule has 0 fully saturated rings. The highest BCUT2D eigenvalue weighted by Crippen LogP contribution is 2.34. The van der Waals surface area contributed by atoms with Crippen molar-refractivity contribution in [3.63, 3.8) is 0 Å². The minimum absolute atomic E-state index is 0.233. The maximum Gasteiger partial charge on any atom is 0.416 e. The molecule has 0 unspecified atom stereocenters. The zero-order valence-electron chi connectivity index (χ0n) is 13.4. The van der Waals surface area contributed by atoms with E-state index in [4.69, 9.17) is 0 Å². The standard InChI is InChI=1S/C19H10F6IN/c20-18(21,22)13-5-1-3-11(7-13)16-9-15(26)10-17(27-16)12-4-2-6-14(8-12)19(23,24)25/h1-10H. The van der Waals surface area contributed by atoms with Crippen LogP contribution in [0.5, 0.6) is 0 Å². The average molecular weight is 493 g/mol. The smallest absolute Gasteiger partial charge is 0.248 e. The molecule has 0 aliphatic rings. The van der Waals surface area contributed by atoms with E-state index in [1.54, 1.807) is 12.1 Å². The molecule has 0 spiro atoms. The molecule has 140 valence electrons. The van der Waals surface area contributed by atoms with E-state index in [-0.39, 0.29) is 22.5 Å². The lowest BCUT2D eigenvalue weighted by atomic mass is 10.0. The third kappa shape index (κ3) is 4.60. The van der Waals surface area contributed by atoms with Crippen molar-refractivity contribution in [2.45, 2.75) is 12.4 Å². The van der Waals surface area contributed by atoms with Gasteiger partial charge in [-0.25, -0.2) is 4.98 Å². The van der Waals surface area contributed by atoms with Gasteiger partial charge in [0.15, 0.2) is 0 Å². The predicted octanol–water partition coefficient (Wildman–Crippen LogP) is 7.06. The number of pyridine rings is 1. The lowest BCUT2D eigenvalue weighted by Crippen LogP contribution is -2.05. The van der Waals surface area contributed by atoms with E-state index < -0.39 is 23.5 Å². The summed E-state index contributed by atoms with van der Waals surface area (Å²) in [7, 11) is 0. The Morgan fingerprint density at radius 3 is 1.41 bits per heavy atom. The molecular formula is C19H10F6IN. The highest BCUT2D eigenvalue weighted by atomic mass is 127. The van der Waals surface area contributed by atoms with Gasteiger partial charge in [-0.15, -0.1) is 0 Å². The van der Waals surface area contributed by atoms with Crippen LogP contribution in [0.2, 0.25) is 0 Å². The SMILES string of the molecule is FC(F)(F)c1cccc(-c2cc(I)cc(-c3cccc(C(F)(F)F)c3)n2)c1. The number of halogens is 7. The van der Waals surface area contributed by atoms with E-state index in [2.05, 4.69) is 4.98 Å². The molecule has 8 heteroatoms. The van der Waals surface area contributed by atoms with Gasteiger partial charge in [-0.2, -0.15) is 26.3 Å². The molecule has 1 heterocycles. The van der Waals surface area contributed by atoms with Crippen molar-refractivity contribution >= 4 is 22.6 Å². The van der Waals surface area contributed by atoms with Crippen molar-refractivity contribution in [3.8, 4) is 22.5 Å². The fourth-order valence-corrected chi connectivity index (χ4v) is 3.09. The first-order valence-electron chi connectivity index (χ1n) is 7.57. The van der Waals surface area contributed by atoms with Gasteiger partial charge in [0.2, 0.25) is 0 Å². The zero-order valence-corrected chi connectivity index (χ0v) is 15.5. The van der Waals surface area contributed by atoms with Crippen molar-refractivity contribution in [1.29, 1.82) is 0 Å². The fraction of sp³-hybridized carbons (Fsp3) is 0.105. The molecule has 0 aliphatic heterocycles. The second-order valence-corrected chi connectivity index (χ2v) is 6.96. The quantitative estimate of drug-likeness (QED) is 0.275. The van der Waals surface area contributed by atoms with Gasteiger partial charge in [0.05, 0.1) is 22.5 Å². The summed E-state index contributed by atoms with van der Waals surface area (Å²) < 4.78 is 78.3. The molecule has 0 radical (unpaired) electrons. The summed E-state index contributed by atoms with van der Waals surface area (Å²) >= 11 is 1.95. The number of aromatic nitrogens is 1. The molecule has 0 saturated heterocycles. The van der Waals surface area contributed by atoms with Crippen LogP contribution in [-0.4, -0.2) is 4.98 Å². The third-order valence-corrected chi connectivity index (χ3v) is 4.38. The first-order valence-corrected chi connectivity index (χ1v) is 8.65. The molecule has 0 N–H and O–H groups in total. The van der Waals surface area contributed by atoms with E-state index in [0.717, 1.165) is 24.3 Å². The first kappa shape index (κ1) is 19.7. The Kier molecular flexibility index (Phi) is 5.20. The minimum atomic E-state index is -4.50. The van der Waals surface area contributed by atoms with Gasteiger partial charge >= 0.3 is 12.4 Å². The summed E-state index contributed by atoms with van der Waals surface area (Å²) in [6, 6.07) is 12.5. The number of alkyl halides is 6. The fourth-order valence-electron chi connectivity index (χ4n) is 2.50. The monoisotopic (exact) mass is 493 g/mol. The van der Waals surface area contributed by atoms with Crippen LogP contribution < -0.4 is 0 Å². The van der Waals surface area contributed by atoms with Gasteiger partial charge in [0, 0.05) is 14.7 Å². The van der Waals surface area contributed by atoms with E-state index >= 15 is 0 Å². The van der Waals surface area contributed by atoms with Crippen molar-refractivity contribution in [1.82, 2.24) is 4.98 Å². The third-order valence-electron chi connectivity index (χ3n) is 3.76. The molecule has 1 aromatic heterocycles. The van der Waals surface area contributed by atoms with Crippen molar-refractivity contribution in [3.05, 3.63) is 75.4 Å². The molecular weight excluding hydrogens is 483 g/mol. The Balaban J connectivity index is 2.09. The molecule has 0 saturated carbocycles. The Labute approximate surface area is 164 Å². The number of benzene rings is 2. The summed E-state index contributed by atoms with van der Waals surface area (Å²) in [4.78, 5) is 4.28.